The maximum Gasteiger partial charge on any atom is 0.260 e. The van der Waals surface area contributed by atoms with E-state index in [1.807, 2.05) is 13.8 Å². The van der Waals surface area contributed by atoms with Crippen molar-refractivity contribution in [3.05, 3.63) is 12.0 Å². The van der Waals surface area contributed by atoms with E-state index >= 15 is 0 Å². The SMILES string of the molecule is CCCC(NS(=O)(=O)c1cn(CCC)c(C)n1)C(=N)N. The van der Waals surface area contributed by atoms with Gasteiger partial charge in [0.05, 0.1) is 6.04 Å². The van der Waals surface area contributed by atoms with E-state index < -0.39 is 16.1 Å². The lowest BCUT2D eigenvalue weighted by Crippen LogP contribution is -2.43. The summed E-state index contributed by atoms with van der Waals surface area (Å²) in [4.78, 5) is 4.07. The molecule has 20 heavy (non-hydrogen) atoms. The standard InChI is InChI=1S/C12H23N5O2S/c1-4-6-10(12(13)14)16-20(18,19)11-8-17(7-5-2)9(3)15-11/h8,10,16H,4-7H2,1-3H3,(H3,13,14). The van der Waals surface area contributed by atoms with Crippen molar-refractivity contribution in [1.82, 2.24) is 14.3 Å². The summed E-state index contributed by atoms with van der Waals surface area (Å²) < 4.78 is 28.7. The topological polar surface area (TPSA) is 114 Å². The van der Waals surface area contributed by atoms with Gasteiger partial charge in [-0.2, -0.15) is 4.72 Å². The van der Waals surface area contributed by atoms with Crippen molar-refractivity contribution in [2.24, 2.45) is 5.73 Å². The molecule has 1 atom stereocenters. The van der Waals surface area contributed by atoms with Crippen molar-refractivity contribution >= 4 is 15.9 Å². The predicted octanol–water partition coefficient (Wildman–Crippen LogP) is 0.984. The lowest BCUT2D eigenvalue weighted by molar-refractivity contribution is 0.562. The van der Waals surface area contributed by atoms with Gasteiger partial charge in [0.15, 0.2) is 5.03 Å². The number of nitrogens with two attached hydrogens (primary N) is 1. The summed E-state index contributed by atoms with van der Waals surface area (Å²) in [5, 5.41) is 7.41. The van der Waals surface area contributed by atoms with Crippen LogP contribution in [0.15, 0.2) is 11.2 Å². The number of nitrogens with one attached hydrogen (secondary N) is 2. The summed E-state index contributed by atoms with van der Waals surface area (Å²) in [6, 6.07) is -0.679. The molecule has 1 rings (SSSR count). The van der Waals surface area contributed by atoms with Crippen LogP contribution in [-0.4, -0.2) is 29.8 Å². The maximum atomic E-state index is 12.3. The zero-order chi connectivity index (χ0) is 15.3. The van der Waals surface area contributed by atoms with Gasteiger partial charge >= 0.3 is 0 Å². The van der Waals surface area contributed by atoms with Crippen LogP contribution < -0.4 is 10.5 Å². The number of imidazole rings is 1. The smallest absolute Gasteiger partial charge is 0.260 e. The second-order valence-electron chi connectivity index (χ2n) is 4.74. The predicted molar refractivity (Wildman–Crippen MR) is 78.2 cm³/mol. The van der Waals surface area contributed by atoms with Gasteiger partial charge in [-0.1, -0.05) is 20.3 Å². The van der Waals surface area contributed by atoms with Crippen LogP contribution in [0.4, 0.5) is 0 Å². The Kier molecular flexibility index (Phi) is 5.70. The van der Waals surface area contributed by atoms with Crippen LogP contribution >= 0.6 is 0 Å². The van der Waals surface area contributed by atoms with Crippen molar-refractivity contribution in [2.75, 3.05) is 0 Å². The third kappa shape index (κ3) is 4.04. The number of amidine groups is 1. The molecule has 1 unspecified atom stereocenters. The molecular formula is C12H23N5O2S. The van der Waals surface area contributed by atoms with Gasteiger partial charge in [0.25, 0.3) is 10.0 Å². The second kappa shape index (κ2) is 6.85. The summed E-state index contributed by atoms with van der Waals surface area (Å²) in [5.74, 6) is 0.474. The van der Waals surface area contributed by atoms with Crippen LogP contribution in [0, 0.1) is 12.3 Å². The minimum Gasteiger partial charge on any atom is -0.386 e. The molecule has 1 aromatic heterocycles. The van der Waals surface area contributed by atoms with Crippen LogP contribution in [0.25, 0.3) is 0 Å². The minimum absolute atomic E-state index is 0.0224. The van der Waals surface area contributed by atoms with E-state index in [0.29, 0.717) is 12.2 Å². The number of hydrogen-bond donors (Lipinski definition) is 3. The summed E-state index contributed by atoms with van der Waals surface area (Å²) in [5.41, 5.74) is 5.42. The van der Waals surface area contributed by atoms with E-state index in [1.165, 1.54) is 6.20 Å². The zero-order valence-corrected chi connectivity index (χ0v) is 13.0. The Morgan fingerprint density at radius 3 is 2.65 bits per heavy atom. The first-order valence-electron chi connectivity index (χ1n) is 6.71. The van der Waals surface area contributed by atoms with Crippen LogP contribution in [0.3, 0.4) is 0 Å². The van der Waals surface area contributed by atoms with Crippen LogP contribution in [0.2, 0.25) is 0 Å². The molecule has 0 radical (unpaired) electrons. The van der Waals surface area contributed by atoms with Gasteiger partial charge in [0.2, 0.25) is 0 Å². The number of aryl methyl sites for hydroxylation is 2. The van der Waals surface area contributed by atoms with Gasteiger partial charge in [-0.3, -0.25) is 5.41 Å². The Morgan fingerprint density at radius 1 is 1.50 bits per heavy atom. The molecule has 0 aliphatic carbocycles. The van der Waals surface area contributed by atoms with Crippen molar-refractivity contribution in [3.8, 4) is 0 Å². The third-order valence-corrected chi connectivity index (χ3v) is 4.29. The van der Waals surface area contributed by atoms with E-state index in [0.717, 1.165) is 19.4 Å². The molecule has 0 amide bonds. The average molecular weight is 301 g/mol. The Labute approximate surface area is 120 Å². The highest BCUT2D eigenvalue weighted by Gasteiger charge is 2.24. The minimum atomic E-state index is -3.75. The lowest BCUT2D eigenvalue weighted by Gasteiger charge is -2.15. The monoisotopic (exact) mass is 301 g/mol. The highest BCUT2D eigenvalue weighted by Crippen LogP contribution is 2.11. The van der Waals surface area contributed by atoms with E-state index in [1.54, 1.807) is 11.5 Å². The van der Waals surface area contributed by atoms with Crippen LogP contribution in [0.1, 0.15) is 38.9 Å². The number of nitrogens with zero attached hydrogens (tertiary/aromatic N) is 2. The summed E-state index contributed by atoms with van der Waals surface area (Å²) in [6.45, 7) is 6.41. The normalized spacial score (nSPS) is 13.3. The first-order chi connectivity index (χ1) is 9.31. The van der Waals surface area contributed by atoms with Gasteiger partial charge in [0, 0.05) is 12.7 Å². The molecule has 7 nitrogen and oxygen atoms in total. The van der Waals surface area contributed by atoms with E-state index in [-0.39, 0.29) is 10.9 Å². The number of aromatic nitrogens is 2. The molecule has 114 valence electrons. The fourth-order valence-corrected chi connectivity index (χ4v) is 3.15. The second-order valence-corrected chi connectivity index (χ2v) is 6.40. The molecule has 1 aromatic rings. The van der Waals surface area contributed by atoms with Gasteiger partial charge < -0.3 is 10.3 Å². The Hall–Kier alpha value is -1.41. The molecular weight excluding hydrogens is 278 g/mol. The van der Waals surface area contributed by atoms with Crippen molar-refractivity contribution in [2.45, 2.75) is 57.6 Å². The Balaban J connectivity index is 2.98. The lowest BCUT2D eigenvalue weighted by atomic mass is 10.2. The summed E-state index contributed by atoms with van der Waals surface area (Å²) in [7, 11) is -3.75. The van der Waals surface area contributed by atoms with Crippen molar-refractivity contribution in [1.29, 1.82) is 5.41 Å². The molecule has 0 aromatic carbocycles. The number of rotatable bonds is 8. The molecule has 1 heterocycles. The Bertz CT molecular complexity index is 564. The number of sulfonamides is 1. The van der Waals surface area contributed by atoms with Crippen molar-refractivity contribution in [3.63, 3.8) is 0 Å². The first-order valence-corrected chi connectivity index (χ1v) is 8.20. The van der Waals surface area contributed by atoms with E-state index in [4.69, 9.17) is 11.1 Å². The fraction of sp³-hybridized carbons (Fsp3) is 0.667. The van der Waals surface area contributed by atoms with E-state index in [9.17, 15) is 8.42 Å². The highest BCUT2D eigenvalue weighted by molar-refractivity contribution is 7.89. The largest absolute Gasteiger partial charge is 0.386 e. The van der Waals surface area contributed by atoms with E-state index in [2.05, 4.69) is 9.71 Å². The third-order valence-electron chi connectivity index (χ3n) is 2.94. The number of hydrogen-bond acceptors (Lipinski definition) is 4. The molecule has 0 bridgehead atoms. The fourth-order valence-electron chi connectivity index (χ4n) is 1.89. The molecule has 0 aliphatic rings. The van der Waals surface area contributed by atoms with Crippen LogP contribution in [-0.2, 0) is 16.6 Å². The molecule has 0 saturated carbocycles. The summed E-state index contributed by atoms with van der Waals surface area (Å²) in [6.07, 6.45) is 3.64. The first kappa shape index (κ1) is 16.6. The molecule has 0 fully saturated rings. The molecule has 8 heteroatoms. The van der Waals surface area contributed by atoms with Gasteiger partial charge in [-0.15, -0.1) is 0 Å². The molecule has 0 aliphatic heterocycles. The summed E-state index contributed by atoms with van der Waals surface area (Å²) >= 11 is 0. The highest BCUT2D eigenvalue weighted by atomic mass is 32.2. The molecule has 0 saturated heterocycles. The van der Waals surface area contributed by atoms with Crippen LogP contribution in [0.5, 0.6) is 0 Å². The quantitative estimate of drug-likeness (QED) is 0.490. The van der Waals surface area contributed by atoms with Gasteiger partial charge in [0.1, 0.15) is 11.7 Å². The zero-order valence-electron chi connectivity index (χ0n) is 12.2. The van der Waals surface area contributed by atoms with Crippen molar-refractivity contribution < 1.29 is 8.42 Å². The maximum absolute atomic E-state index is 12.3. The molecule has 4 N–H and O–H groups in total. The molecule has 0 spiro atoms. The average Bonchev–Trinajstić information content (AvgIpc) is 2.71. The van der Waals surface area contributed by atoms with Gasteiger partial charge in [-0.25, -0.2) is 13.4 Å². The van der Waals surface area contributed by atoms with Gasteiger partial charge in [-0.05, 0) is 19.8 Å². The Morgan fingerprint density at radius 2 is 2.15 bits per heavy atom.